The van der Waals surface area contributed by atoms with Gasteiger partial charge in [0.25, 0.3) is 0 Å². The minimum Gasteiger partial charge on any atom is -0.396 e. The minimum absolute atomic E-state index is 0.226. The second kappa shape index (κ2) is 6.39. The molecule has 5 heteroatoms. The van der Waals surface area contributed by atoms with E-state index in [-0.39, 0.29) is 6.61 Å². The smallest absolute Gasteiger partial charge is 0.134 e. The maximum Gasteiger partial charge on any atom is 0.134 e. The number of aryl methyl sites for hydroxylation is 1. The van der Waals surface area contributed by atoms with Crippen molar-refractivity contribution in [2.75, 3.05) is 24.2 Å². The number of anilines is 2. The monoisotopic (exact) mass is 238 g/mol. The lowest BCUT2D eigenvalue weighted by atomic mass is 10.0. The average Bonchev–Trinajstić information content (AvgIpc) is 2.30. The van der Waals surface area contributed by atoms with E-state index in [9.17, 15) is 0 Å². The Morgan fingerprint density at radius 1 is 1.35 bits per heavy atom. The summed E-state index contributed by atoms with van der Waals surface area (Å²) in [6.07, 6.45) is 1.84. The van der Waals surface area contributed by atoms with E-state index in [2.05, 4.69) is 22.2 Å². The largest absolute Gasteiger partial charge is 0.396 e. The minimum atomic E-state index is 0.226. The molecule has 0 aliphatic carbocycles. The van der Waals surface area contributed by atoms with E-state index in [4.69, 9.17) is 10.8 Å². The van der Waals surface area contributed by atoms with E-state index in [1.807, 2.05) is 13.8 Å². The quantitative estimate of drug-likeness (QED) is 0.699. The van der Waals surface area contributed by atoms with E-state index in [1.54, 1.807) is 0 Å². The number of aromatic nitrogens is 2. The van der Waals surface area contributed by atoms with Crippen LogP contribution in [0.5, 0.6) is 0 Å². The summed E-state index contributed by atoms with van der Waals surface area (Å²) in [5, 5.41) is 12.2. The molecule has 1 aromatic rings. The van der Waals surface area contributed by atoms with Crippen LogP contribution in [0.4, 0.5) is 11.6 Å². The molecule has 1 unspecified atom stereocenters. The molecule has 1 rings (SSSR count). The van der Waals surface area contributed by atoms with Crippen molar-refractivity contribution >= 4 is 11.6 Å². The van der Waals surface area contributed by atoms with Gasteiger partial charge in [-0.3, -0.25) is 0 Å². The number of nitrogens with zero attached hydrogens (tertiary/aromatic N) is 2. The lowest BCUT2D eigenvalue weighted by Crippen LogP contribution is -2.17. The number of nitrogens with one attached hydrogen (secondary N) is 1. The van der Waals surface area contributed by atoms with Crippen LogP contribution in [0, 0.1) is 19.8 Å². The van der Waals surface area contributed by atoms with Crippen LogP contribution in [-0.2, 0) is 0 Å². The number of hydrogen-bond acceptors (Lipinski definition) is 5. The summed E-state index contributed by atoms with van der Waals surface area (Å²) >= 11 is 0. The topological polar surface area (TPSA) is 84.1 Å². The van der Waals surface area contributed by atoms with Crippen molar-refractivity contribution in [3.8, 4) is 0 Å². The van der Waals surface area contributed by atoms with Crippen LogP contribution in [0.15, 0.2) is 0 Å². The number of hydrogen-bond donors (Lipinski definition) is 3. The molecule has 96 valence electrons. The first kappa shape index (κ1) is 13.7. The van der Waals surface area contributed by atoms with Gasteiger partial charge in [-0.2, -0.15) is 0 Å². The third-order valence-electron chi connectivity index (χ3n) is 2.97. The van der Waals surface area contributed by atoms with Gasteiger partial charge in [0.1, 0.15) is 17.5 Å². The van der Waals surface area contributed by atoms with Crippen LogP contribution in [-0.4, -0.2) is 28.2 Å². The molecule has 0 aliphatic rings. The predicted octanol–water partition coefficient (Wildman–Crippen LogP) is 1.50. The number of rotatable bonds is 6. The van der Waals surface area contributed by atoms with Gasteiger partial charge in [-0.25, -0.2) is 9.97 Å². The highest BCUT2D eigenvalue weighted by Crippen LogP contribution is 2.18. The van der Waals surface area contributed by atoms with Crippen LogP contribution in [0.3, 0.4) is 0 Å². The number of nitrogen functional groups attached to an aromatic ring is 1. The van der Waals surface area contributed by atoms with E-state index in [0.717, 1.165) is 30.8 Å². The second-order valence-electron chi connectivity index (χ2n) is 4.30. The zero-order valence-electron chi connectivity index (χ0n) is 10.8. The van der Waals surface area contributed by atoms with Gasteiger partial charge in [0, 0.05) is 18.7 Å². The maximum absolute atomic E-state index is 8.93. The summed E-state index contributed by atoms with van der Waals surface area (Å²) in [5.41, 5.74) is 6.67. The van der Waals surface area contributed by atoms with E-state index < -0.39 is 0 Å². The molecule has 0 saturated heterocycles. The summed E-state index contributed by atoms with van der Waals surface area (Å²) in [6, 6.07) is 0. The fourth-order valence-corrected chi connectivity index (χ4v) is 1.70. The van der Waals surface area contributed by atoms with Gasteiger partial charge >= 0.3 is 0 Å². The molecule has 17 heavy (non-hydrogen) atoms. The second-order valence-corrected chi connectivity index (χ2v) is 4.30. The van der Waals surface area contributed by atoms with Crippen LogP contribution >= 0.6 is 0 Å². The number of aliphatic hydroxyl groups excluding tert-OH is 1. The van der Waals surface area contributed by atoms with Gasteiger partial charge < -0.3 is 16.2 Å². The molecular formula is C12H22N4O. The standard InChI is InChI=1S/C12H22N4O/c1-4-10(5-6-17)7-14-12-8(2)11(13)15-9(3)16-12/h10,17H,4-7H2,1-3H3,(H3,13,14,15,16). The van der Waals surface area contributed by atoms with E-state index in [0.29, 0.717) is 17.6 Å². The van der Waals surface area contributed by atoms with Crippen molar-refractivity contribution in [1.82, 2.24) is 9.97 Å². The molecule has 0 bridgehead atoms. The number of aliphatic hydroxyl groups is 1. The Hall–Kier alpha value is -1.36. The highest BCUT2D eigenvalue weighted by Gasteiger charge is 2.09. The van der Waals surface area contributed by atoms with Crippen LogP contribution in [0.25, 0.3) is 0 Å². The molecule has 0 radical (unpaired) electrons. The van der Waals surface area contributed by atoms with Crippen LogP contribution in [0.2, 0.25) is 0 Å². The molecule has 0 aromatic carbocycles. The first-order valence-electron chi connectivity index (χ1n) is 6.03. The van der Waals surface area contributed by atoms with E-state index >= 15 is 0 Å². The maximum atomic E-state index is 8.93. The SMILES string of the molecule is CCC(CCO)CNc1nc(C)nc(N)c1C. The van der Waals surface area contributed by atoms with Gasteiger partial charge in [0.05, 0.1) is 0 Å². The fourth-order valence-electron chi connectivity index (χ4n) is 1.70. The zero-order chi connectivity index (χ0) is 12.8. The van der Waals surface area contributed by atoms with Crippen molar-refractivity contribution in [3.63, 3.8) is 0 Å². The van der Waals surface area contributed by atoms with Crippen molar-refractivity contribution < 1.29 is 5.11 Å². The lowest BCUT2D eigenvalue weighted by Gasteiger charge is -2.16. The Labute approximate surface area is 102 Å². The van der Waals surface area contributed by atoms with Crippen molar-refractivity contribution in [2.45, 2.75) is 33.6 Å². The van der Waals surface area contributed by atoms with Crippen LogP contribution < -0.4 is 11.1 Å². The molecule has 5 nitrogen and oxygen atoms in total. The first-order valence-corrected chi connectivity index (χ1v) is 6.03. The third-order valence-corrected chi connectivity index (χ3v) is 2.97. The van der Waals surface area contributed by atoms with Crippen molar-refractivity contribution in [2.24, 2.45) is 5.92 Å². The summed E-state index contributed by atoms with van der Waals surface area (Å²) in [7, 11) is 0. The Morgan fingerprint density at radius 2 is 2.06 bits per heavy atom. The molecule has 0 fully saturated rings. The molecule has 0 spiro atoms. The molecule has 4 N–H and O–H groups in total. The molecule has 0 saturated carbocycles. The third kappa shape index (κ3) is 3.85. The molecular weight excluding hydrogens is 216 g/mol. The Morgan fingerprint density at radius 3 is 2.65 bits per heavy atom. The Kier molecular flexibility index (Phi) is 5.15. The fraction of sp³-hybridized carbons (Fsp3) is 0.667. The highest BCUT2D eigenvalue weighted by molar-refractivity contribution is 5.54. The van der Waals surface area contributed by atoms with Gasteiger partial charge in [-0.15, -0.1) is 0 Å². The van der Waals surface area contributed by atoms with Crippen LogP contribution in [0.1, 0.15) is 31.2 Å². The molecule has 1 aromatic heterocycles. The van der Waals surface area contributed by atoms with E-state index in [1.165, 1.54) is 0 Å². The Balaban J connectivity index is 2.68. The summed E-state index contributed by atoms with van der Waals surface area (Å²) in [4.78, 5) is 8.44. The molecule has 1 heterocycles. The summed E-state index contributed by atoms with van der Waals surface area (Å²) in [6.45, 7) is 6.88. The molecule has 0 amide bonds. The summed E-state index contributed by atoms with van der Waals surface area (Å²) < 4.78 is 0. The predicted molar refractivity (Wildman–Crippen MR) is 69.9 cm³/mol. The number of nitrogens with two attached hydrogens (primary N) is 1. The van der Waals surface area contributed by atoms with Gasteiger partial charge in [0.15, 0.2) is 0 Å². The Bertz CT molecular complexity index is 368. The first-order chi connectivity index (χ1) is 8.08. The lowest BCUT2D eigenvalue weighted by molar-refractivity contribution is 0.258. The average molecular weight is 238 g/mol. The highest BCUT2D eigenvalue weighted by atomic mass is 16.3. The van der Waals surface area contributed by atoms with Crippen molar-refractivity contribution in [1.29, 1.82) is 0 Å². The normalized spacial score (nSPS) is 12.5. The van der Waals surface area contributed by atoms with Gasteiger partial charge in [-0.05, 0) is 26.2 Å². The molecule has 0 aliphatic heterocycles. The van der Waals surface area contributed by atoms with Crippen molar-refractivity contribution in [3.05, 3.63) is 11.4 Å². The summed E-state index contributed by atoms with van der Waals surface area (Å²) in [5.74, 6) is 2.45. The van der Waals surface area contributed by atoms with Gasteiger partial charge in [0.2, 0.25) is 0 Å². The molecule has 1 atom stereocenters. The van der Waals surface area contributed by atoms with Gasteiger partial charge in [-0.1, -0.05) is 13.3 Å². The zero-order valence-corrected chi connectivity index (χ0v) is 10.8.